The first-order chi connectivity index (χ1) is 22.8. The summed E-state index contributed by atoms with van der Waals surface area (Å²) in [6.07, 6.45) is 5.22. The summed E-state index contributed by atoms with van der Waals surface area (Å²) in [5, 5.41) is 17.1. The van der Waals surface area contributed by atoms with Gasteiger partial charge in [-0.15, -0.1) is 0 Å². The van der Waals surface area contributed by atoms with E-state index in [0.29, 0.717) is 76.4 Å². The molecule has 1 fully saturated rings. The van der Waals surface area contributed by atoms with Crippen molar-refractivity contribution in [2.75, 3.05) is 57.7 Å². The van der Waals surface area contributed by atoms with Crippen LogP contribution in [-0.4, -0.2) is 69.0 Å². The molecule has 0 spiro atoms. The molecule has 0 unspecified atom stereocenters. The van der Waals surface area contributed by atoms with Crippen LogP contribution in [0.2, 0.25) is 5.02 Å². The molecule has 4 aromatic rings. The fourth-order valence-electron chi connectivity index (χ4n) is 4.94. The number of ether oxygens (including phenoxy) is 4. The first-order valence-electron chi connectivity index (χ1n) is 15.0. The number of amides is 1. The Hall–Kier alpha value is -4.73. The Morgan fingerprint density at radius 3 is 2.81 bits per heavy atom. The fraction of sp³-hybridized carbons (Fsp3) is 0.286. The molecule has 0 aliphatic carbocycles. The number of nitrogens with zero attached hydrogens (tertiary/aromatic N) is 3. The maximum Gasteiger partial charge on any atom is 0.248 e. The third-order valence-corrected chi connectivity index (χ3v) is 7.69. The molecule has 0 saturated carbocycles. The lowest BCUT2D eigenvalue weighted by molar-refractivity contribution is -0.111. The average Bonchev–Trinajstić information content (AvgIpc) is 3.58. The number of likely N-dealkylation sites (N-methyl/N-ethyl adjacent to an activating group) is 1. The van der Waals surface area contributed by atoms with Crippen LogP contribution in [0.25, 0.3) is 10.9 Å². The van der Waals surface area contributed by atoms with Crippen LogP contribution in [0.1, 0.15) is 17.5 Å². The van der Waals surface area contributed by atoms with Gasteiger partial charge in [-0.05, 0) is 55.1 Å². The molecular formula is C35H35ClFN5O5. The van der Waals surface area contributed by atoms with Crippen molar-refractivity contribution in [2.24, 2.45) is 0 Å². The van der Waals surface area contributed by atoms with Crippen LogP contribution in [0.4, 0.5) is 21.5 Å². The monoisotopic (exact) mass is 659 g/mol. The van der Waals surface area contributed by atoms with E-state index < -0.39 is 0 Å². The maximum absolute atomic E-state index is 13.6. The summed E-state index contributed by atoms with van der Waals surface area (Å²) >= 11 is 6.55. The van der Waals surface area contributed by atoms with Gasteiger partial charge in [-0.3, -0.25) is 9.78 Å². The highest BCUT2D eigenvalue weighted by molar-refractivity contribution is 6.32. The number of hydrogen-bond donors (Lipinski definition) is 2. The zero-order chi connectivity index (χ0) is 33.2. The summed E-state index contributed by atoms with van der Waals surface area (Å²) in [5.74, 6) is 0.160. The van der Waals surface area contributed by atoms with E-state index in [1.165, 1.54) is 24.4 Å². The standard InChI is InChI=1S/C35H35ClFN5O5/c1-42(14-16-44-2)13-4-7-32(43)41-35-31(47-27-12-15-45-22-27)11-9-28-33(24(19-38)20-39-34(28)35)40-26-8-10-30(29(36)18-26)46-21-23-5-3-6-25(37)17-23/h3-11,17-18,20,27H,12-16,21-22H2,1-2H3,(H,39,40)(H,41,43)/b7-4+/t27-/m0/s1. The Bertz CT molecular complexity index is 1790. The van der Waals surface area contributed by atoms with Crippen molar-refractivity contribution in [3.05, 3.63) is 94.9 Å². The van der Waals surface area contributed by atoms with E-state index in [2.05, 4.69) is 21.7 Å². The Balaban J connectivity index is 1.42. The lowest BCUT2D eigenvalue weighted by Gasteiger charge is -2.19. The van der Waals surface area contributed by atoms with Gasteiger partial charge in [0.15, 0.2) is 0 Å². The van der Waals surface area contributed by atoms with E-state index >= 15 is 0 Å². The zero-order valence-corrected chi connectivity index (χ0v) is 26.9. The third kappa shape index (κ3) is 8.96. The minimum atomic E-state index is -0.355. The highest BCUT2D eigenvalue weighted by Gasteiger charge is 2.22. The predicted octanol–water partition coefficient (Wildman–Crippen LogP) is 6.46. The Morgan fingerprint density at radius 2 is 2.06 bits per heavy atom. The van der Waals surface area contributed by atoms with Crippen molar-refractivity contribution < 1.29 is 28.1 Å². The second-order valence-corrected chi connectivity index (χ2v) is 11.3. The number of aromatic nitrogens is 1. The molecule has 1 aromatic heterocycles. The van der Waals surface area contributed by atoms with Gasteiger partial charge in [-0.2, -0.15) is 5.26 Å². The van der Waals surface area contributed by atoms with Crippen molar-refractivity contribution in [2.45, 2.75) is 19.1 Å². The Morgan fingerprint density at radius 1 is 1.21 bits per heavy atom. The fourth-order valence-corrected chi connectivity index (χ4v) is 5.18. The number of pyridine rings is 1. The minimum absolute atomic E-state index is 0.142. The van der Waals surface area contributed by atoms with E-state index in [0.717, 1.165) is 13.0 Å². The van der Waals surface area contributed by atoms with E-state index in [4.69, 9.17) is 30.5 Å². The van der Waals surface area contributed by atoms with Crippen LogP contribution in [0.5, 0.6) is 11.5 Å². The number of hydrogen-bond acceptors (Lipinski definition) is 9. The predicted molar refractivity (Wildman–Crippen MR) is 179 cm³/mol. The summed E-state index contributed by atoms with van der Waals surface area (Å²) in [5.41, 5.74) is 2.83. The highest BCUT2D eigenvalue weighted by Crippen LogP contribution is 2.39. The molecule has 1 amide bonds. The van der Waals surface area contributed by atoms with Gasteiger partial charge >= 0.3 is 0 Å². The maximum atomic E-state index is 13.6. The zero-order valence-electron chi connectivity index (χ0n) is 26.1. The number of anilines is 3. The lowest BCUT2D eigenvalue weighted by atomic mass is 10.1. The quantitative estimate of drug-likeness (QED) is 0.147. The number of fused-ring (bicyclic) bond motifs is 1. The summed E-state index contributed by atoms with van der Waals surface area (Å²) in [6.45, 7) is 3.05. The summed E-state index contributed by atoms with van der Waals surface area (Å²) in [7, 11) is 3.58. The molecule has 1 aliphatic rings. The first kappa shape index (κ1) is 33.6. The smallest absolute Gasteiger partial charge is 0.248 e. The largest absolute Gasteiger partial charge is 0.487 e. The van der Waals surface area contributed by atoms with Crippen molar-refractivity contribution in [3.8, 4) is 17.6 Å². The Labute approximate surface area is 277 Å². The van der Waals surface area contributed by atoms with E-state index in [1.54, 1.807) is 55.7 Å². The van der Waals surface area contributed by atoms with Crippen LogP contribution in [0, 0.1) is 17.1 Å². The van der Waals surface area contributed by atoms with Gasteiger partial charge < -0.3 is 34.5 Å². The Kier molecular flexibility index (Phi) is 11.6. The van der Waals surface area contributed by atoms with Crippen molar-refractivity contribution in [1.82, 2.24) is 9.88 Å². The lowest BCUT2D eigenvalue weighted by Crippen LogP contribution is -2.23. The summed E-state index contributed by atoms with van der Waals surface area (Å²) in [4.78, 5) is 19.7. The molecular weight excluding hydrogens is 625 g/mol. The number of nitrogens with one attached hydrogen (secondary N) is 2. The van der Waals surface area contributed by atoms with E-state index in [1.807, 2.05) is 11.9 Å². The van der Waals surface area contributed by atoms with Crippen molar-refractivity contribution in [1.29, 1.82) is 5.26 Å². The molecule has 3 aromatic carbocycles. The molecule has 0 radical (unpaired) electrons. The number of nitriles is 1. The molecule has 10 nitrogen and oxygen atoms in total. The van der Waals surface area contributed by atoms with Gasteiger partial charge in [0.05, 0.1) is 41.6 Å². The molecule has 0 bridgehead atoms. The summed E-state index contributed by atoms with van der Waals surface area (Å²) in [6, 6.07) is 17.0. The van der Waals surface area contributed by atoms with E-state index in [-0.39, 0.29) is 30.0 Å². The number of halogens is 2. The van der Waals surface area contributed by atoms with E-state index in [9.17, 15) is 14.4 Å². The molecule has 244 valence electrons. The van der Waals surface area contributed by atoms with Crippen LogP contribution in [0.15, 0.2) is 72.9 Å². The van der Waals surface area contributed by atoms with Gasteiger partial charge in [0.2, 0.25) is 5.91 Å². The SMILES string of the molecule is COCCN(C)C/C=C/C(=O)Nc1c(O[C@H]2CCOC2)ccc2c(Nc3ccc(OCc4cccc(F)c4)c(Cl)c3)c(C#N)cnc12. The second-order valence-electron chi connectivity index (χ2n) is 10.9. The van der Waals surface area contributed by atoms with Crippen LogP contribution < -0.4 is 20.1 Å². The number of carbonyl (C=O) groups is 1. The molecule has 47 heavy (non-hydrogen) atoms. The van der Waals surface area contributed by atoms with Gasteiger partial charge in [0.25, 0.3) is 0 Å². The van der Waals surface area contributed by atoms with Crippen molar-refractivity contribution in [3.63, 3.8) is 0 Å². The molecule has 2 N–H and O–H groups in total. The molecule has 1 saturated heterocycles. The van der Waals surface area contributed by atoms with Crippen molar-refractivity contribution >= 4 is 45.5 Å². The minimum Gasteiger partial charge on any atom is -0.487 e. The van der Waals surface area contributed by atoms with Gasteiger partial charge in [0, 0.05) is 50.0 Å². The number of carbonyl (C=O) groups excluding carboxylic acids is 1. The van der Waals surface area contributed by atoms with Gasteiger partial charge in [-0.25, -0.2) is 4.39 Å². The first-order valence-corrected chi connectivity index (χ1v) is 15.4. The topological polar surface area (TPSA) is 118 Å². The molecule has 1 atom stereocenters. The highest BCUT2D eigenvalue weighted by atomic mass is 35.5. The molecule has 12 heteroatoms. The molecule has 5 rings (SSSR count). The summed E-state index contributed by atoms with van der Waals surface area (Å²) < 4.78 is 36.2. The number of methoxy groups -OCH3 is 1. The van der Waals surface area contributed by atoms with Crippen LogP contribution >= 0.6 is 11.6 Å². The third-order valence-electron chi connectivity index (χ3n) is 7.40. The normalized spacial score (nSPS) is 14.4. The molecule has 2 heterocycles. The second kappa shape index (κ2) is 16.2. The number of rotatable bonds is 14. The average molecular weight is 660 g/mol. The number of benzene rings is 3. The molecule has 1 aliphatic heterocycles. The van der Waals surface area contributed by atoms with Crippen LogP contribution in [0.3, 0.4) is 0 Å². The van der Waals surface area contributed by atoms with Gasteiger partial charge in [-0.1, -0.05) is 29.8 Å². The van der Waals surface area contributed by atoms with Gasteiger partial charge in [0.1, 0.15) is 41.8 Å². The van der Waals surface area contributed by atoms with Crippen LogP contribution in [-0.2, 0) is 20.9 Å².